The van der Waals surface area contributed by atoms with E-state index in [1.165, 1.54) is 154 Å². The van der Waals surface area contributed by atoms with Crippen LogP contribution in [0.15, 0.2) is 0 Å². The van der Waals surface area contributed by atoms with E-state index in [4.69, 9.17) is 14.2 Å². The lowest BCUT2D eigenvalue weighted by molar-refractivity contribution is -0.161. The maximum Gasteiger partial charge on any atom is 0.312 e. The van der Waals surface area contributed by atoms with E-state index in [-0.39, 0.29) is 24.1 Å². The Morgan fingerprint density at radius 2 is 0.667 bits per heavy atom. The molecule has 5 heteroatoms. The van der Waals surface area contributed by atoms with Gasteiger partial charge in [0.15, 0.2) is 0 Å². The van der Waals surface area contributed by atoms with Gasteiger partial charge in [-0.1, -0.05) is 181 Å². The van der Waals surface area contributed by atoms with Gasteiger partial charge in [-0.05, 0) is 25.7 Å². The van der Waals surface area contributed by atoms with Crippen molar-refractivity contribution in [3.05, 3.63) is 0 Å². The minimum Gasteiger partial charge on any atom is -0.465 e. The van der Waals surface area contributed by atoms with Gasteiger partial charge in [0.05, 0.1) is 37.3 Å². The van der Waals surface area contributed by atoms with Crippen LogP contribution in [0.4, 0.5) is 0 Å². The second kappa shape index (κ2) is 28.0. The van der Waals surface area contributed by atoms with Crippen LogP contribution in [0, 0.1) is 11.8 Å². The zero-order valence-electron chi connectivity index (χ0n) is 30.0. The lowest BCUT2D eigenvalue weighted by Crippen LogP contribution is -2.40. The highest BCUT2D eigenvalue weighted by atomic mass is 16.6. The first-order valence-corrected chi connectivity index (χ1v) is 20.2. The van der Waals surface area contributed by atoms with Crippen molar-refractivity contribution in [1.29, 1.82) is 0 Å². The third-order valence-corrected chi connectivity index (χ3v) is 10.3. The molecular formula is C40H74O5. The lowest BCUT2D eigenvalue weighted by Gasteiger charge is -2.25. The third kappa shape index (κ3) is 18.7. The van der Waals surface area contributed by atoms with E-state index >= 15 is 0 Å². The van der Waals surface area contributed by atoms with E-state index in [1.807, 2.05) is 0 Å². The van der Waals surface area contributed by atoms with Crippen LogP contribution in [0.3, 0.4) is 0 Å². The summed E-state index contributed by atoms with van der Waals surface area (Å²) >= 11 is 0. The maximum atomic E-state index is 13.0. The topological polar surface area (TPSA) is 61.8 Å². The summed E-state index contributed by atoms with van der Waals surface area (Å²) in [6.07, 6.45) is 37.9. The van der Waals surface area contributed by atoms with Gasteiger partial charge < -0.3 is 14.2 Å². The van der Waals surface area contributed by atoms with E-state index in [0.717, 1.165) is 38.5 Å². The van der Waals surface area contributed by atoms with Gasteiger partial charge in [0.1, 0.15) is 0 Å². The number of esters is 2. The molecule has 2 aliphatic rings. The molecule has 0 amide bonds. The first-order chi connectivity index (χ1) is 22.2. The molecular weight excluding hydrogens is 560 g/mol. The molecule has 4 atom stereocenters. The number of carbonyl (C=O) groups is 2. The van der Waals surface area contributed by atoms with Crippen LogP contribution in [-0.4, -0.2) is 37.4 Å². The Balaban J connectivity index is 1.43. The summed E-state index contributed by atoms with van der Waals surface area (Å²) in [5, 5.41) is 0. The smallest absolute Gasteiger partial charge is 0.312 e. The molecule has 0 N–H and O–H groups in total. The second-order valence-corrected chi connectivity index (χ2v) is 14.4. The largest absolute Gasteiger partial charge is 0.465 e. The Labute approximate surface area is 279 Å². The molecule has 0 spiro atoms. The average Bonchev–Trinajstić information content (AvgIpc) is 3.67. The quantitative estimate of drug-likeness (QED) is 0.0544. The van der Waals surface area contributed by atoms with Crippen LogP contribution >= 0.6 is 0 Å². The Hall–Kier alpha value is -1.10. The van der Waals surface area contributed by atoms with Crippen molar-refractivity contribution in [2.24, 2.45) is 11.8 Å². The number of hydrogen-bond donors (Lipinski definition) is 0. The van der Waals surface area contributed by atoms with Gasteiger partial charge in [-0.2, -0.15) is 0 Å². The normalized spacial score (nSPS) is 20.6. The van der Waals surface area contributed by atoms with Crippen molar-refractivity contribution in [3.63, 3.8) is 0 Å². The van der Waals surface area contributed by atoms with Gasteiger partial charge in [0.25, 0.3) is 0 Å². The molecule has 0 saturated carbocycles. The van der Waals surface area contributed by atoms with Crippen molar-refractivity contribution < 1.29 is 23.8 Å². The first-order valence-electron chi connectivity index (χ1n) is 20.2. The molecule has 45 heavy (non-hydrogen) atoms. The number of fused-ring (bicyclic) bond motifs is 2. The summed E-state index contributed by atoms with van der Waals surface area (Å²) in [5.74, 6) is -1.48. The molecule has 5 nitrogen and oxygen atoms in total. The summed E-state index contributed by atoms with van der Waals surface area (Å²) in [4.78, 5) is 26.0. The first kappa shape index (κ1) is 40.1. The molecule has 0 aromatic heterocycles. The number of hydrogen-bond acceptors (Lipinski definition) is 5. The van der Waals surface area contributed by atoms with E-state index in [2.05, 4.69) is 13.8 Å². The number of ether oxygens (including phenoxy) is 3. The summed E-state index contributed by atoms with van der Waals surface area (Å²) in [7, 11) is 0. The van der Waals surface area contributed by atoms with Crippen molar-refractivity contribution in [2.45, 2.75) is 219 Å². The molecule has 0 radical (unpaired) electrons. The third-order valence-electron chi connectivity index (χ3n) is 10.3. The lowest BCUT2D eigenvalue weighted by atomic mass is 9.79. The Morgan fingerprint density at radius 3 is 0.933 bits per heavy atom. The maximum absolute atomic E-state index is 13.0. The fraction of sp³-hybridized carbons (Fsp3) is 0.950. The fourth-order valence-corrected chi connectivity index (χ4v) is 7.41. The van der Waals surface area contributed by atoms with Gasteiger partial charge in [-0.15, -0.1) is 0 Å². The highest BCUT2D eigenvalue weighted by Gasteiger charge is 2.56. The average molecular weight is 635 g/mol. The zero-order valence-corrected chi connectivity index (χ0v) is 30.0. The van der Waals surface area contributed by atoms with Crippen LogP contribution < -0.4 is 0 Å². The van der Waals surface area contributed by atoms with Gasteiger partial charge >= 0.3 is 11.9 Å². The second-order valence-electron chi connectivity index (χ2n) is 14.4. The van der Waals surface area contributed by atoms with Crippen LogP contribution in [-0.2, 0) is 23.8 Å². The van der Waals surface area contributed by atoms with Crippen LogP contribution in [0.25, 0.3) is 0 Å². The molecule has 2 heterocycles. The predicted octanol–water partition coefficient (Wildman–Crippen LogP) is 11.8. The van der Waals surface area contributed by atoms with Gasteiger partial charge in [-0.25, -0.2) is 0 Å². The predicted molar refractivity (Wildman–Crippen MR) is 187 cm³/mol. The Morgan fingerprint density at radius 1 is 0.422 bits per heavy atom. The standard InChI is InChI=1S/C40H74O5/c1-3-5-7-9-11-13-15-17-19-21-23-25-27-29-33-43-39(41)37-35-31-32-36(45-35)38(37)40(42)44-34-30-28-26-24-22-20-18-16-14-12-10-8-6-4-2/h35-38H,3-34H2,1-2H3. The van der Waals surface area contributed by atoms with E-state index in [0.29, 0.717) is 13.2 Å². The minimum absolute atomic E-state index is 0.183. The van der Waals surface area contributed by atoms with Crippen molar-refractivity contribution in [3.8, 4) is 0 Å². The summed E-state index contributed by atoms with van der Waals surface area (Å²) in [5.41, 5.74) is 0. The summed E-state index contributed by atoms with van der Waals surface area (Å²) < 4.78 is 17.3. The monoisotopic (exact) mass is 635 g/mol. The van der Waals surface area contributed by atoms with E-state index in [1.54, 1.807) is 0 Å². The van der Waals surface area contributed by atoms with Gasteiger partial charge in [0, 0.05) is 0 Å². The number of rotatable bonds is 32. The van der Waals surface area contributed by atoms with E-state index in [9.17, 15) is 9.59 Å². The molecule has 0 aliphatic carbocycles. The summed E-state index contributed by atoms with van der Waals surface area (Å²) in [6, 6.07) is 0. The zero-order chi connectivity index (χ0) is 32.2. The van der Waals surface area contributed by atoms with Crippen molar-refractivity contribution in [1.82, 2.24) is 0 Å². The van der Waals surface area contributed by atoms with Crippen molar-refractivity contribution >= 4 is 11.9 Å². The summed E-state index contributed by atoms with van der Waals surface area (Å²) in [6.45, 7) is 5.45. The highest BCUT2D eigenvalue weighted by molar-refractivity contribution is 5.84. The highest BCUT2D eigenvalue weighted by Crippen LogP contribution is 2.44. The number of unbranched alkanes of at least 4 members (excludes halogenated alkanes) is 26. The fourth-order valence-electron chi connectivity index (χ4n) is 7.41. The molecule has 0 aromatic rings. The van der Waals surface area contributed by atoms with Crippen LogP contribution in [0.2, 0.25) is 0 Å². The van der Waals surface area contributed by atoms with Gasteiger partial charge in [-0.3, -0.25) is 9.59 Å². The molecule has 2 fully saturated rings. The molecule has 4 unspecified atom stereocenters. The van der Waals surface area contributed by atoms with Crippen LogP contribution in [0.5, 0.6) is 0 Å². The number of carbonyl (C=O) groups excluding carboxylic acids is 2. The van der Waals surface area contributed by atoms with Crippen molar-refractivity contribution in [2.75, 3.05) is 13.2 Å². The molecule has 2 rings (SSSR count). The SMILES string of the molecule is CCCCCCCCCCCCCCCCOC(=O)C1C2CCC(O2)C1C(=O)OCCCCCCCCCCCCCCCC. The molecule has 2 saturated heterocycles. The molecule has 2 aliphatic heterocycles. The Kier molecular flexibility index (Phi) is 24.9. The minimum atomic E-state index is -0.487. The van der Waals surface area contributed by atoms with Crippen LogP contribution in [0.1, 0.15) is 206 Å². The molecule has 2 bridgehead atoms. The van der Waals surface area contributed by atoms with E-state index < -0.39 is 11.8 Å². The molecule has 264 valence electrons. The molecule has 0 aromatic carbocycles. The van der Waals surface area contributed by atoms with Gasteiger partial charge in [0.2, 0.25) is 0 Å². The Bertz CT molecular complexity index is 651.